The van der Waals surface area contributed by atoms with E-state index in [0.717, 1.165) is 6.20 Å². The zero-order valence-electron chi connectivity index (χ0n) is 12.0. The molecule has 7 nitrogen and oxygen atoms in total. The van der Waals surface area contributed by atoms with Crippen LogP contribution in [-0.4, -0.2) is 23.6 Å². The minimum atomic E-state index is -2.92. The number of anilines is 1. The molecule has 0 bridgehead atoms. The van der Waals surface area contributed by atoms with Crippen LogP contribution in [0.3, 0.4) is 0 Å². The normalized spacial score (nSPS) is 10.4. The van der Waals surface area contributed by atoms with Gasteiger partial charge in [0.25, 0.3) is 0 Å². The highest BCUT2D eigenvalue weighted by atomic mass is 19.3. The van der Waals surface area contributed by atoms with Crippen LogP contribution in [-0.2, 0) is 6.54 Å². The van der Waals surface area contributed by atoms with Crippen LogP contribution in [0.5, 0.6) is 11.5 Å². The largest absolute Gasteiger partial charge is 0.490 e. The number of hydrogen-bond donors (Lipinski definition) is 1. The van der Waals surface area contributed by atoms with Crippen LogP contribution in [0.4, 0.5) is 20.2 Å². The van der Waals surface area contributed by atoms with Gasteiger partial charge in [-0.1, -0.05) is 6.07 Å². The van der Waals surface area contributed by atoms with Crippen LogP contribution in [0.25, 0.3) is 0 Å². The highest BCUT2D eigenvalue weighted by Gasteiger charge is 2.20. The zero-order valence-corrected chi connectivity index (χ0v) is 12.0. The Balaban J connectivity index is 2.10. The van der Waals surface area contributed by atoms with Gasteiger partial charge in [0.2, 0.25) is 0 Å². The van der Waals surface area contributed by atoms with Crippen LogP contribution >= 0.6 is 0 Å². The molecule has 1 heterocycles. The van der Waals surface area contributed by atoms with Gasteiger partial charge in [0, 0.05) is 0 Å². The molecule has 0 unspecified atom stereocenters. The third-order valence-corrected chi connectivity index (χ3v) is 2.88. The summed E-state index contributed by atoms with van der Waals surface area (Å²) in [4.78, 5) is 14.5. The molecule has 122 valence electrons. The Kier molecular flexibility index (Phi) is 5.23. The van der Waals surface area contributed by atoms with Crippen molar-refractivity contribution in [1.82, 2.24) is 4.98 Å². The molecule has 1 N–H and O–H groups in total. The lowest BCUT2D eigenvalue weighted by Gasteiger charge is -2.09. The smallest absolute Gasteiger partial charge is 0.387 e. The van der Waals surface area contributed by atoms with Gasteiger partial charge in [0.1, 0.15) is 11.4 Å². The lowest BCUT2D eigenvalue weighted by atomic mass is 10.2. The number of nitro groups is 1. The lowest BCUT2D eigenvalue weighted by Crippen LogP contribution is -2.06. The Morgan fingerprint density at radius 2 is 2.13 bits per heavy atom. The maximum atomic E-state index is 12.0. The fourth-order valence-electron chi connectivity index (χ4n) is 1.89. The van der Waals surface area contributed by atoms with Gasteiger partial charge < -0.3 is 14.8 Å². The Morgan fingerprint density at radius 3 is 2.70 bits per heavy atom. The summed E-state index contributed by atoms with van der Waals surface area (Å²) >= 11 is 0. The number of hydrogen-bond acceptors (Lipinski definition) is 6. The number of rotatable bonds is 7. The van der Waals surface area contributed by atoms with Crippen LogP contribution in [0, 0.1) is 10.1 Å². The van der Waals surface area contributed by atoms with Gasteiger partial charge in [-0.25, -0.2) is 0 Å². The van der Waals surface area contributed by atoms with Crippen LogP contribution in [0.15, 0.2) is 36.5 Å². The third kappa shape index (κ3) is 4.25. The molecule has 0 saturated heterocycles. The first-order valence-electron chi connectivity index (χ1n) is 6.46. The number of nitrogens with one attached hydrogen (secondary N) is 1. The first kappa shape index (κ1) is 16.4. The molecule has 1 aromatic heterocycles. The second kappa shape index (κ2) is 7.34. The van der Waals surface area contributed by atoms with Gasteiger partial charge in [-0.3, -0.25) is 15.1 Å². The Hall–Kier alpha value is -2.97. The van der Waals surface area contributed by atoms with Crippen molar-refractivity contribution in [3.8, 4) is 11.5 Å². The molecule has 1 aromatic carbocycles. The second-order valence-electron chi connectivity index (χ2n) is 4.33. The van der Waals surface area contributed by atoms with E-state index in [9.17, 15) is 18.9 Å². The topological polar surface area (TPSA) is 86.5 Å². The first-order valence-corrected chi connectivity index (χ1v) is 6.46. The van der Waals surface area contributed by atoms with Gasteiger partial charge in [-0.05, 0) is 24.3 Å². The summed E-state index contributed by atoms with van der Waals surface area (Å²) in [7, 11) is 1.34. The lowest BCUT2D eigenvalue weighted by molar-refractivity contribution is -0.384. The van der Waals surface area contributed by atoms with E-state index in [1.165, 1.54) is 31.4 Å². The molecule has 0 amide bonds. The fraction of sp³-hybridized carbons (Fsp3) is 0.214. The summed E-state index contributed by atoms with van der Waals surface area (Å²) in [6.07, 6.45) is 1.16. The minimum Gasteiger partial charge on any atom is -0.490 e. The quantitative estimate of drug-likeness (QED) is 0.621. The van der Waals surface area contributed by atoms with Gasteiger partial charge in [-0.15, -0.1) is 0 Å². The van der Waals surface area contributed by atoms with Crippen molar-refractivity contribution in [3.05, 3.63) is 52.3 Å². The average molecular weight is 325 g/mol. The standard InChI is InChI=1S/C14H13F2N3O4/c1-22-12-4-2-3-11(13(12)19(20)21)18-7-9-5-6-10(8-17-9)23-14(15)16/h2-6,8,14,18H,7H2,1H3. The average Bonchev–Trinajstić information content (AvgIpc) is 2.53. The molecule has 2 aromatic rings. The number of benzene rings is 1. The highest BCUT2D eigenvalue weighted by Crippen LogP contribution is 2.34. The summed E-state index contributed by atoms with van der Waals surface area (Å²) in [5.41, 5.74) is 0.584. The number of nitrogens with zero attached hydrogens (tertiary/aromatic N) is 2. The third-order valence-electron chi connectivity index (χ3n) is 2.88. The highest BCUT2D eigenvalue weighted by molar-refractivity contribution is 5.68. The van der Waals surface area contributed by atoms with Crippen molar-refractivity contribution in [3.63, 3.8) is 0 Å². The molecule has 0 saturated carbocycles. The number of halogens is 2. The van der Waals surface area contributed by atoms with Crippen LogP contribution in [0.1, 0.15) is 5.69 Å². The van der Waals surface area contributed by atoms with E-state index >= 15 is 0 Å². The van der Waals surface area contributed by atoms with Crippen molar-refractivity contribution in [1.29, 1.82) is 0 Å². The Bertz CT molecular complexity index is 680. The van der Waals surface area contributed by atoms with Crippen molar-refractivity contribution in [2.24, 2.45) is 0 Å². The molecule has 0 radical (unpaired) electrons. The van der Waals surface area contributed by atoms with Crippen molar-refractivity contribution in [2.45, 2.75) is 13.2 Å². The van der Waals surface area contributed by atoms with Crippen molar-refractivity contribution in [2.75, 3.05) is 12.4 Å². The first-order chi connectivity index (χ1) is 11.0. The molecule has 0 aliphatic carbocycles. The Labute approximate surface area is 130 Å². The molecule has 2 rings (SSSR count). The second-order valence-corrected chi connectivity index (χ2v) is 4.33. The molecule has 9 heteroatoms. The molecule has 0 spiro atoms. The zero-order chi connectivity index (χ0) is 16.8. The number of pyridine rings is 1. The molecule has 0 atom stereocenters. The predicted octanol–water partition coefficient (Wildman–Crippen LogP) is 3.21. The SMILES string of the molecule is COc1cccc(NCc2ccc(OC(F)F)cn2)c1[N+](=O)[O-]. The van der Waals surface area contributed by atoms with Crippen molar-refractivity contribution >= 4 is 11.4 Å². The maximum Gasteiger partial charge on any atom is 0.387 e. The molecular formula is C14H13F2N3O4. The van der Waals surface area contributed by atoms with Crippen LogP contribution in [0.2, 0.25) is 0 Å². The molecule has 23 heavy (non-hydrogen) atoms. The number of nitro benzene ring substituents is 1. The monoisotopic (exact) mass is 325 g/mol. The maximum absolute atomic E-state index is 12.0. The molecule has 0 fully saturated rings. The molecular weight excluding hydrogens is 312 g/mol. The summed E-state index contributed by atoms with van der Waals surface area (Å²) in [5, 5.41) is 14.0. The van der Waals surface area contributed by atoms with Crippen molar-refractivity contribution < 1.29 is 23.2 Å². The van der Waals surface area contributed by atoms with E-state index in [-0.39, 0.29) is 29.4 Å². The van der Waals surface area contributed by atoms with E-state index < -0.39 is 11.5 Å². The number of methoxy groups -OCH3 is 1. The van der Waals surface area contributed by atoms with Crippen LogP contribution < -0.4 is 14.8 Å². The Morgan fingerprint density at radius 1 is 1.35 bits per heavy atom. The number of ether oxygens (including phenoxy) is 2. The summed E-state index contributed by atoms with van der Waals surface area (Å²) in [6, 6.07) is 7.46. The molecule has 0 aliphatic heterocycles. The summed E-state index contributed by atoms with van der Waals surface area (Å²) in [5.74, 6) is 0.0738. The van der Waals surface area contributed by atoms with Gasteiger partial charge >= 0.3 is 12.3 Å². The number of alkyl halides is 2. The number of aromatic nitrogens is 1. The minimum absolute atomic E-state index is 0.0592. The van der Waals surface area contributed by atoms with E-state index in [2.05, 4.69) is 15.0 Å². The summed E-state index contributed by atoms with van der Waals surface area (Å²) in [6.45, 7) is -2.75. The van der Waals surface area contributed by atoms with Gasteiger partial charge in [0.05, 0.1) is 30.5 Å². The predicted molar refractivity (Wildman–Crippen MR) is 77.8 cm³/mol. The summed E-state index contributed by atoms with van der Waals surface area (Å²) < 4.78 is 33.2. The fourth-order valence-corrected chi connectivity index (χ4v) is 1.89. The van der Waals surface area contributed by atoms with E-state index in [1.807, 2.05) is 0 Å². The van der Waals surface area contributed by atoms with E-state index in [1.54, 1.807) is 6.07 Å². The van der Waals surface area contributed by atoms with Gasteiger partial charge in [0.15, 0.2) is 5.75 Å². The van der Waals surface area contributed by atoms with E-state index in [4.69, 9.17) is 4.74 Å². The number of para-hydroxylation sites is 1. The molecule has 0 aliphatic rings. The van der Waals surface area contributed by atoms with E-state index in [0.29, 0.717) is 5.69 Å². The van der Waals surface area contributed by atoms with Gasteiger partial charge in [-0.2, -0.15) is 8.78 Å².